The van der Waals surface area contributed by atoms with E-state index in [1.54, 1.807) is 23.2 Å². The zero-order valence-corrected chi connectivity index (χ0v) is 43.8. The molecule has 3 aromatic carbocycles. The maximum absolute atomic E-state index is 14.4. The highest BCUT2D eigenvalue weighted by Gasteiger charge is 2.44. The number of amides is 3. The maximum Gasteiger partial charge on any atom is 0.257 e. The number of aliphatic hydroxyl groups is 1. The Labute approximate surface area is 429 Å². The Balaban J connectivity index is 0.767. The Morgan fingerprint density at radius 3 is 2.28 bits per heavy atom. The Morgan fingerprint density at radius 2 is 1.61 bits per heavy atom. The smallest absolute Gasteiger partial charge is 0.257 e. The van der Waals surface area contributed by atoms with E-state index < -0.39 is 23.6 Å². The monoisotopic (exact) mass is 1010 g/mol. The van der Waals surface area contributed by atoms with Crippen LogP contribution in [0.1, 0.15) is 123 Å². The van der Waals surface area contributed by atoms with Gasteiger partial charge in [-0.2, -0.15) is 4.98 Å². The van der Waals surface area contributed by atoms with Gasteiger partial charge in [-0.1, -0.05) is 73.9 Å². The van der Waals surface area contributed by atoms with Crippen LogP contribution >= 0.6 is 22.9 Å². The van der Waals surface area contributed by atoms with Crippen LogP contribution in [0.15, 0.2) is 82.3 Å². The van der Waals surface area contributed by atoms with Crippen LogP contribution in [0.2, 0.25) is 5.02 Å². The van der Waals surface area contributed by atoms with Gasteiger partial charge in [0.05, 0.1) is 24.7 Å². The number of aliphatic hydroxyl groups excluding tert-OH is 1. The fraction of sp³-hybridized carbons (Fsp3) is 0.444. The summed E-state index contributed by atoms with van der Waals surface area (Å²) in [6.45, 7) is 18.0. The molecular formula is C54H63ClN10O6S. The van der Waals surface area contributed by atoms with E-state index in [1.807, 2.05) is 112 Å². The van der Waals surface area contributed by atoms with Gasteiger partial charge < -0.3 is 35.2 Å². The summed E-state index contributed by atoms with van der Waals surface area (Å²) >= 11 is 7.95. The summed E-state index contributed by atoms with van der Waals surface area (Å²) < 4.78 is 13.6. The van der Waals surface area contributed by atoms with Crippen LogP contribution in [0.5, 0.6) is 5.75 Å². The molecule has 5 heterocycles. The van der Waals surface area contributed by atoms with Crippen molar-refractivity contribution < 1.29 is 28.8 Å². The molecule has 378 valence electrons. The van der Waals surface area contributed by atoms with E-state index in [1.165, 1.54) is 4.88 Å². The molecule has 0 bridgehead atoms. The van der Waals surface area contributed by atoms with Gasteiger partial charge in [-0.25, -0.2) is 0 Å². The molecule has 3 aromatic heterocycles. The van der Waals surface area contributed by atoms with E-state index >= 15 is 0 Å². The number of nitrogens with zero attached hydrogens (tertiary/aromatic N) is 7. The molecule has 1 unspecified atom stereocenters. The van der Waals surface area contributed by atoms with Gasteiger partial charge in [0.15, 0.2) is 11.6 Å². The average Bonchev–Trinajstić information content (AvgIpc) is 4.10. The minimum atomic E-state index is -0.822. The highest BCUT2D eigenvalue weighted by atomic mass is 35.5. The first-order valence-corrected chi connectivity index (χ1v) is 25.8. The summed E-state index contributed by atoms with van der Waals surface area (Å²) in [7, 11) is 0. The van der Waals surface area contributed by atoms with Crippen molar-refractivity contribution in [1.82, 2.24) is 45.8 Å². The van der Waals surface area contributed by atoms with Crippen molar-refractivity contribution in [2.24, 2.45) is 10.4 Å². The highest BCUT2D eigenvalue weighted by molar-refractivity contribution is 7.15. The second-order valence-corrected chi connectivity index (χ2v) is 22.3. The van der Waals surface area contributed by atoms with Crippen molar-refractivity contribution in [3.8, 4) is 22.2 Å². The first-order valence-electron chi connectivity index (χ1n) is 24.7. The van der Waals surface area contributed by atoms with E-state index in [0.29, 0.717) is 47.6 Å². The quantitative estimate of drug-likeness (QED) is 0.0776. The average molecular weight is 1020 g/mol. The maximum atomic E-state index is 14.4. The topological polar surface area (TPSA) is 202 Å². The van der Waals surface area contributed by atoms with Gasteiger partial charge in [-0.3, -0.25) is 23.9 Å². The number of likely N-dealkylation sites (tertiary alicyclic amines) is 1. The molecule has 0 radical (unpaired) electrons. The van der Waals surface area contributed by atoms with Crippen LogP contribution in [0.4, 0.5) is 0 Å². The van der Waals surface area contributed by atoms with E-state index in [2.05, 4.69) is 57.1 Å². The molecule has 2 aliphatic heterocycles. The lowest BCUT2D eigenvalue weighted by molar-refractivity contribution is -0.140. The predicted octanol–water partition coefficient (Wildman–Crippen LogP) is 8.05. The molecule has 1 saturated carbocycles. The minimum absolute atomic E-state index is 0.0552. The predicted molar refractivity (Wildman–Crippen MR) is 277 cm³/mol. The number of halogens is 1. The Bertz CT molecular complexity index is 2970. The molecule has 6 atom stereocenters. The molecule has 4 N–H and O–H groups in total. The highest BCUT2D eigenvalue weighted by Crippen LogP contribution is 2.40. The van der Waals surface area contributed by atoms with Gasteiger partial charge in [0.25, 0.3) is 5.89 Å². The molecule has 1 saturated heterocycles. The fourth-order valence-electron chi connectivity index (χ4n) is 9.97. The number of rotatable bonds is 15. The molecule has 3 amide bonds. The Morgan fingerprint density at radius 1 is 0.917 bits per heavy atom. The largest absolute Gasteiger partial charge is 0.490 e. The number of β-amino-alcohol motifs (C(OH)–C–C–N with tert-alkyl or cyclic N) is 1. The van der Waals surface area contributed by atoms with Gasteiger partial charge >= 0.3 is 0 Å². The van der Waals surface area contributed by atoms with Gasteiger partial charge in [0.2, 0.25) is 17.7 Å². The second-order valence-electron chi connectivity index (χ2n) is 20.7. The molecule has 0 spiro atoms. The van der Waals surface area contributed by atoms with Crippen LogP contribution in [-0.2, 0) is 20.8 Å². The van der Waals surface area contributed by atoms with Gasteiger partial charge in [-0.15, -0.1) is 21.5 Å². The second kappa shape index (κ2) is 20.7. The number of carbonyl (C=O) groups is 3. The van der Waals surface area contributed by atoms with Crippen LogP contribution < -0.4 is 20.7 Å². The first kappa shape index (κ1) is 50.7. The molecular weight excluding hydrogens is 952 g/mol. The number of aliphatic imine (C=N–C) groups is 1. The molecule has 18 heteroatoms. The third-order valence-electron chi connectivity index (χ3n) is 14.1. The fourth-order valence-corrected chi connectivity index (χ4v) is 11.3. The number of aromatic nitrogens is 5. The van der Waals surface area contributed by atoms with Crippen molar-refractivity contribution in [3.63, 3.8) is 0 Å². The van der Waals surface area contributed by atoms with Crippen LogP contribution in [-0.4, -0.2) is 101 Å². The number of fused-ring (bicyclic) bond motifs is 3. The number of hydrogen-bond acceptors (Lipinski definition) is 13. The zero-order valence-electron chi connectivity index (χ0n) is 42.2. The summed E-state index contributed by atoms with van der Waals surface area (Å²) in [4.78, 5) is 54.2. The summed E-state index contributed by atoms with van der Waals surface area (Å²) in [5.74, 6) is 2.43. The summed E-state index contributed by atoms with van der Waals surface area (Å²) in [5, 5.41) is 35.2. The third-order valence-corrected chi connectivity index (χ3v) is 15.5. The first-order chi connectivity index (χ1) is 34.3. The normalized spacial score (nSPS) is 20.8. The molecule has 1 aliphatic carbocycles. The lowest BCUT2D eigenvalue weighted by Gasteiger charge is -2.38. The van der Waals surface area contributed by atoms with Crippen molar-refractivity contribution in [2.75, 3.05) is 6.54 Å². The molecule has 6 aromatic rings. The van der Waals surface area contributed by atoms with Gasteiger partial charge in [0, 0.05) is 70.1 Å². The van der Waals surface area contributed by atoms with E-state index in [9.17, 15) is 19.5 Å². The SMILES string of the molecule is Cc1noc(-c2ccc([C@H](C)NC(C)[C@@H]3C[C@@H](O)CN3C(=O)[C@@H](NC(=O)Cc3ccc(OC4CC(NC(=O)C[C@@H]5N=C(c6ccc(Cl)cc6)c6c(sc(C)c6C)-n6c(C)nnc65)C4)cc3)C(C)(C)C)cc2)n1. The van der Waals surface area contributed by atoms with E-state index in [4.69, 9.17) is 25.9 Å². The standard InChI is InChI=1S/C54H63ClN10O6S/c1-28-31(4)72-53-47(28)48(36-16-18-38(55)19-17-36)59-43(50-62-61-33(6)65(50)53)26-46(68)58-39-23-42(24-39)70-41-20-10-34(11-21-41)22-45(67)60-49(54(7,8)9)52(69)64-27-40(66)25-44(64)30(3)56-29(2)35-12-14-37(15-13-35)51-57-32(5)63-71-51/h10-21,29-30,39-40,42-44,49,56,66H,22-27H2,1-9H3,(H,58,68)(H,60,67)/t29-,30?,39?,40+,42?,43-,44-,49+/m0/s1. The Kier molecular flexibility index (Phi) is 14.6. The molecule has 3 aliphatic rings. The lowest BCUT2D eigenvalue weighted by Crippen LogP contribution is -2.58. The Hall–Kier alpha value is -6.27. The number of nitrogens with one attached hydrogen (secondary N) is 3. The van der Waals surface area contributed by atoms with Gasteiger partial charge in [-0.05, 0) is 106 Å². The number of thiophene rings is 1. The number of aryl methyl sites for hydroxylation is 3. The van der Waals surface area contributed by atoms with Gasteiger partial charge in [0.1, 0.15) is 34.8 Å². The number of carbonyl (C=O) groups excluding carboxylic acids is 3. The van der Waals surface area contributed by atoms with Crippen LogP contribution in [0.3, 0.4) is 0 Å². The van der Waals surface area contributed by atoms with E-state index in [-0.39, 0.29) is 67.4 Å². The van der Waals surface area contributed by atoms with E-state index in [0.717, 1.165) is 49.9 Å². The number of ether oxygens (including phenoxy) is 1. The van der Waals surface area contributed by atoms with Crippen LogP contribution in [0, 0.1) is 33.1 Å². The van der Waals surface area contributed by atoms with Crippen molar-refractivity contribution in [1.29, 1.82) is 0 Å². The molecule has 16 nitrogen and oxygen atoms in total. The van der Waals surface area contributed by atoms with Crippen LogP contribution in [0.25, 0.3) is 16.5 Å². The summed E-state index contributed by atoms with van der Waals surface area (Å²) in [6.07, 6.45) is 1.11. The van der Waals surface area contributed by atoms with Crippen molar-refractivity contribution in [2.45, 2.75) is 143 Å². The molecule has 2 fully saturated rings. The molecule has 72 heavy (non-hydrogen) atoms. The van der Waals surface area contributed by atoms with Crippen molar-refractivity contribution in [3.05, 3.63) is 128 Å². The van der Waals surface area contributed by atoms with Crippen molar-refractivity contribution >= 4 is 46.4 Å². The number of benzene rings is 3. The summed E-state index contributed by atoms with van der Waals surface area (Å²) in [6, 6.07) is 21.0. The third kappa shape index (κ3) is 10.9. The number of hydrogen-bond donors (Lipinski definition) is 4. The lowest BCUT2D eigenvalue weighted by atomic mass is 9.85. The zero-order chi connectivity index (χ0) is 51.2. The summed E-state index contributed by atoms with van der Waals surface area (Å²) in [5.41, 5.74) is 5.89. The molecule has 9 rings (SSSR count). The minimum Gasteiger partial charge on any atom is -0.490 e.